The summed E-state index contributed by atoms with van der Waals surface area (Å²) in [5.41, 5.74) is 1.85. The summed E-state index contributed by atoms with van der Waals surface area (Å²) in [7, 11) is 0. The number of piperazine rings is 1. The van der Waals surface area contributed by atoms with Crippen LogP contribution in [0.5, 0.6) is 0 Å². The van der Waals surface area contributed by atoms with Gasteiger partial charge in [-0.1, -0.05) is 13.8 Å². The van der Waals surface area contributed by atoms with Gasteiger partial charge in [0.1, 0.15) is 6.33 Å². The highest BCUT2D eigenvalue weighted by Crippen LogP contribution is 2.29. The largest absolute Gasteiger partial charge is 0.378 e. The van der Waals surface area contributed by atoms with Crippen molar-refractivity contribution in [1.29, 1.82) is 0 Å². The molecule has 0 unspecified atom stereocenters. The number of hydrogen-bond donors (Lipinski definition) is 1. The van der Waals surface area contributed by atoms with Crippen LogP contribution < -0.4 is 15.1 Å². The maximum Gasteiger partial charge on any atom is 0.208 e. The van der Waals surface area contributed by atoms with Crippen LogP contribution in [0.25, 0.3) is 11.2 Å². The fourth-order valence-electron chi connectivity index (χ4n) is 3.81. The Balaban J connectivity index is 1.79. The number of nitrogens with zero attached hydrogens (tertiary/aromatic N) is 6. The molecule has 0 aromatic carbocycles. The summed E-state index contributed by atoms with van der Waals surface area (Å²) in [6, 6.07) is 0.459. The summed E-state index contributed by atoms with van der Waals surface area (Å²) in [5.74, 6) is 2.48. The van der Waals surface area contributed by atoms with Crippen molar-refractivity contribution in [2.24, 2.45) is 5.92 Å². The molecule has 0 radical (unpaired) electrons. The summed E-state index contributed by atoms with van der Waals surface area (Å²) >= 11 is 0. The first kappa shape index (κ1) is 17.5. The van der Waals surface area contributed by atoms with Crippen LogP contribution in [0.4, 0.5) is 11.8 Å². The van der Waals surface area contributed by atoms with Gasteiger partial charge in [0.05, 0.1) is 13.2 Å². The first-order valence-corrected chi connectivity index (χ1v) is 9.65. The van der Waals surface area contributed by atoms with Gasteiger partial charge in [-0.15, -0.1) is 0 Å². The molecule has 0 saturated carbocycles. The number of imidazole rings is 1. The molecule has 2 aliphatic heterocycles. The molecule has 2 aromatic rings. The Morgan fingerprint density at radius 2 is 2.00 bits per heavy atom. The van der Waals surface area contributed by atoms with Crippen LogP contribution >= 0.6 is 0 Å². The number of morpholine rings is 1. The smallest absolute Gasteiger partial charge is 0.208 e. The van der Waals surface area contributed by atoms with Crippen molar-refractivity contribution in [3.63, 3.8) is 0 Å². The molecule has 1 atom stereocenters. The van der Waals surface area contributed by atoms with Gasteiger partial charge >= 0.3 is 0 Å². The van der Waals surface area contributed by atoms with E-state index in [-0.39, 0.29) is 0 Å². The molecule has 2 fully saturated rings. The van der Waals surface area contributed by atoms with E-state index in [1.54, 1.807) is 6.33 Å². The first-order chi connectivity index (χ1) is 12.6. The van der Waals surface area contributed by atoms with Crippen LogP contribution in [0.3, 0.4) is 0 Å². The van der Waals surface area contributed by atoms with Gasteiger partial charge in [-0.25, -0.2) is 15.0 Å². The molecule has 2 aromatic heterocycles. The van der Waals surface area contributed by atoms with Gasteiger partial charge in [-0.3, -0.25) is 4.57 Å². The molecule has 0 aliphatic carbocycles. The fourth-order valence-corrected chi connectivity index (χ4v) is 3.81. The summed E-state index contributed by atoms with van der Waals surface area (Å²) in [4.78, 5) is 18.9. The standard InChI is InChI=1S/C18H29N7O/c1-13(2)10-25-17-15(22-18(25)24-5-4-19-14(3)11-24)16(20-12-21-17)23-6-8-26-9-7-23/h12-14,19H,4-11H2,1-3H3/t14-/m1/s1. The van der Waals surface area contributed by atoms with Gasteiger partial charge in [-0.2, -0.15) is 0 Å². The highest BCUT2D eigenvalue weighted by molar-refractivity contribution is 5.86. The molecule has 0 amide bonds. The second kappa shape index (κ2) is 7.36. The lowest BCUT2D eigenvalue weighted by molar-refractivity contribution is 0.122. The third-order valence-electron chi connectivity index (χ3n) is 5.00. The van der Waals surface area contributed by atoms with E-state index in [1.165, 1.54) is 0 Å². The highest BCUT2D eigenvalue weighted by atomic mass is 16.5. The van der Waals surface area contributed by atoms with Gasteiger partial charge in [-0.05, 0) is 12.8 Å². The summed E-state index contributed by atoms with van der Waals surface area (Å²) < 4.78 is 7.78. The Kier molecular flexibility index (Phi) is 4.95. The molecule has 2 saturated heterocycles. The number of fused-ring (bicyclic) bond motifs is 1. The number of ether oxygens (including phenoxy) is 1. The quantitative estimate of drug-likeness (QED) is 0.877. The van der Waals surface area contributed by atoms with Crippen LogP contribution in [-0.4, -0.2) is 71.5 Å². The van der Waals surface area contributed by atoms with Crippen molar-refractivity contribution >= 4 is 22.9 Å². The Morgan fingerprint density at radius 1 is 1.19 bits per heavy atom. The van der Waals surface area contributed by atoms with E-state index in [2.05, 4.69) is 50.4 Å². The van der Waals surface area contributed by atoms with Crippen molar-refractivity contribution in [2.75, 3.05) is 55.7 Å². The Morgan fingerprint density at radius 3 is 2.73 bits per heavy atom. The molecule has 142 valence electrons. The SMILES string of the molecule is CC(C)Cn1c(N2CCN[C@H](C)C2)nc2c(N3CCOCC3)ncnc21. The normalized spacial score (nSPS) is 21.8. The third-order valence-corrected chi connectivity index (χ3v) is 5.00. The molecule has 26 heavy (non-hydrogen) atoms. The molecule has 1 N–H and O–H groups in total. The van der Waals surface area contributed by atoms with E-state index < -0.39 is 0 Å². The minimum Gasteiger partial charge on any atom is -0.378 e. The minimum atomic E-state index is 0.459. The van der Waals surface area contributed by atoms with Crippen molar-refractivity contribution in [3.8, 4) is 0 Å². The molecular weight excluding hydrogens is 330 g/mol. The van der Waals surface area contributed by atoms with E-state index in [0.29, 0.717) is 12.0 Å². The maximum atomic E-state index is 5.50. The zero-order valence-corrected chi connectivity index (χ0v) is 16.0. The van der Waals surface area contributed by atoms with E-state index in [1.807, 2.05) is 0 Å². The predicted molar refractivity (Wildman–Crippen MR) is 103 cm³/mol. The molecule has 4 rings (SSSR count). The van der Waals surface area contributed by atoms with E-state index >= 15 is 0 Å². The Hall–Kier alpha value is -1.93. The lowest BCUT2D eigenvalue weighted by Crippen LogP contribution is -2.50. The van der Waals surface area contributed by atoms with Crippen LogP contribution in [0.2, 0.25) is 0 Å². The second-order valence-corrected chi connectivity index (χ2v) is 7.69. The number of nitrogens with one attached hydrogen (secondary N) is 1. The zero-order valence-electron chi connectivity index (χ0n) is 16.0. The van der Waals surface area contributed by atoms with Crippen LogP contribution in [0.1, 0.15) is 20.8 Å². The first-order valence-electron chi connectivity index (χ1n) is 9.65. The highest BCUT2D eigenvalue weighted by Gasteiger charge is 2.26. The molecule has 2 aliphatic rings. The molecule has 0 spiro atoms. The van der Waals surface area contributed by atoms with Gasteiger partial charge in [0.15, 0.2) is 17.0 Å². The Bertz CT molecular complexity index is 753. The van der Waals surface area contributed by atoms with E-state index in [4.69, 9.17) is 9.72 Å². The lowest BCUT2D eigenvalue weighted by atomic mass is 10.2. The molecule has 0 bridgehead atoms. The van der Waals surface area contributed by atoms with Crippen molar-refractivity contribution in [1.82, 2.24) is 24.8 Å². The zero-order chi connectivity index (χ0) is 18.1. The lowest BCUT2D eigenvalue weighted by Gasteiger charge is -2.33. The molecule has 8 nitrogen and oxygen atoms in total. The monoisotopic (exact) mass is 359 g/mol. The maximum absolute atomic E-state index is 5.50. The fraction of sp³-hybridized carbons (Fsp3) is 0.722. The Labute approximate surface area is 154 Å². The van der Waals surface area contributed by atoms with E-state index in [9.17, 15) is 0 Å². The van der Waals surface area contributed by atoms with Crippen LogP contribution in [0.15, 0.2) is 6.33 Å². The van der Waals surface area contributed by atoms with Crippen molar-refractivity contribution in [3.05, 3.63) is 6.33 Å². The van der Waals surface area contributed by atoms with Gasteiger partial charge in [0.2, 0.25) is 5.95 Å². The van der Waals surface area contributed by atoms with Gasteiger partial charge in [0, 0.05) is 45.3 Å². The number of aromatic nitrogens is 4. The van der Waals surface area contributed by atoms with Crippen molar-refractivity contribution < 1.29 is 4.74 Å². The van der Waals surface area contributed by atoms with Crippen LogP contribution in [0, 0.1) is 5.92 Å². The minimum absolute atomic E-state index is 0.459. The van der Waals surface area contributed by atoms with Crippen molar-refractivity contribution in [2.45, 2.75) is 33.4 Å². The number of rotatable bonds is 4. The molecular formula is C18H29N7O. The second-order valence-electron chi connectivity index (χ2n) is 7.69. The van der Waals surface area contributed by atoms with Gasteiger partial charge < -0.3 is 19.9 Å². The molecule has 4 heterocycles. The number of anilines is 2. The average Bonchev–Trinajstić information content (AvgIpc) is 3.00. The average molecular weight is 359 g/mol. The third kappa shape index (κ3) is 3.35. The van der Waals surface area contributed by atoms with E-state index in [0.717, 1.165) is 75.4 Å². The van der Waals surface area contributed by atoms with Crippen LogP contribution in [-0.2, 0) is 11.3 Å². The van der Waals surface area contributed by atoms with Gasteiger partial charge in [0.25, 0.3) is 0 Å². The number of hydrogen-bond acceptors (Lipinski definition) is 7. The predicted octanol–water partition coefficient (Wildman–Crippen LogP) is 1.12. The summed E-state index contributed by atoms with van der Waals surface area (Å²) in [5, 5.41) is 3.51. The molecule has 8 heteroatoms. The summed E-state index contributed by atoms with van der Waals surface area (Å²) in [6.07, 6.45) is 1.68. The topological polar surface area (TPSA) is 71.3 Å². The summed E-state index contributed by atoms with van der Waals surface area (Å²) in [6.45, 7) is 13.7.